The Balaban J connectivity index is 1.62. The van der Waals surface area contributed by atoms with Crippen LogP contribution in [-0.2, 0) is 17.4 Å². The third-order valence-electron chi connectivity index (χ3n) is 6.13. The van der Waals surface area contributed by atoms with E-state index in [1.807, 2.05) is 0 Å². The van der Waals surface area contributed by atoms with Crippen LogP contribution in [0.5, 0.6) is 0 Å². The first-order valence-electron chi connectivity index (χ1n) is 10.6. The number of H-pyrrole nitrogens is 1. The van der Waals surface area contributed by atoms with Gasteiger partial charge < -0.3 is 20.0 Å². The first-order chi connectivity index (χ1) is 16.2. The number of aryl methyl sites for hydroxylation is 1. The van der Waals surface area contributed by atoms with Crippen LogP contribution < -0.4 is 10.9 Å². The Hall–Kier alpha value is -3.92. The number of carboxylic acid groups (broad SMARTS) is 1. The predicted molar refractivity (Wildman–Crippen MR) is 124 cm³/mol. The number of aromatic amines is 1. The molecule has 1 amide bonds. The van der Waals surface area contributed by atoms with Crippen molar-refractivity contribution in [2.75, 3.05) is 0 Å². The quantitative estimate of drug-likeness (QED) is 0.388. The van der Waals surface area contributed by atoms with Crippen molar-refractivity contribution >= 4 is 29.0 Å². The van der Waals surface area contributed by atoms with Gasteiger partial charge in [-0.2, -0.15) is 0 Å². The van der Waals surface area contributed by atoms with Crippen molar-refractivity contribution in [2.45, 2.75) is 31.2 Å². The summed E-state index contributed by atoms with van der Waals surface area (Å²) in [5.74, 6) is -1.52. The first-order valence-corrected chi connectivity index (χ1v) is 11.0. The minimum Gasteiger partial charge on any atom is -0.479 e. The normalized spacial score (nSPS) is 15.3. The van der Waals surface area contributed by atoms with E-state index >= 15 is 0 Å². The van der Waals surface area contributed by atoms with Gasteiger partial charge in [0.2, 0.25) is 0 Å². The third-order valence-corrected chi connectivity index (χ3v) is 6.36. The summed E-state index contributed by atoms with van der Waals surface area (Å²) in [6.45, 7) is 1.40. The largest absolute Gasteiger partial charge is 0.479 e. The van der Waals surface area contributed by atoms with E-state index in [-0.39, 0.29) is 17.0 Å². The van der Waals surface area contributed by atoms with Crippen LogP contribution in [0.4, 0.5) is 0 Å². The second-order valence-corrected chi connectivity index (χ2v) is 9.05. The summed E-state index contributed by atoms with van der Waals surface area (Å²) >= 11 is 6.08. The molecule has 1 atom stereocenters. The molecule has 0 radical (unpaired) electrons. The van der Waals surface area contributed by atoms with Gasteiger partial charge in [0.15, 0.2) is 11.4 Å². The van der Waals surface area contributed by atoms with E-state index in [2.05, 4.69) is 20.4 Å². The number of amides is 1. The van der Waals surface area contributed by atoms with Crippen LogP contribution in [0.25, 0.3) is 16.9 Å². The fraction of sp³-hybridized carbons (Fsp3) is 0.261. The number of halogens is 1. The van der Waals surface area contributed by atoms with Crippen LogP contribution in [0, 0.1) is 0 Å². The standard InChI is InChI=1S/C23H21ClN6O4/c1-23(22(33)34,16-9-25-11-29(16)2)27-20(31)15-10-30-18(17(15)12-6-7-12)21(32)26-19(28-30)13-4-3-5-14(24)8-13/h3-5,8-12H,6-7H2,1-2H3,(H,27,31)(H,33,34)(H,26,28,32). The SMILES string of the molecule is Cn1cncc1C(C)(NC(=O)c1cn2nc(-c3cccc(Cl)c3)[nH]c(=O)c2c1C1CC1)C(=O)O. The van der Waals surface area contributed by atoms with Gasteiger partial charge in [-0.3, -0.25) is 9.59 Å². The maximum atomic E-state index is 13.4. The van der Waals surface area contributed by atoms with Gasteiger partial charge in [-0.1, -0.05) is 23.7 Å². The lowest BCUT2D eigenvalue weighted by Gasteiger charge is -2.26. The van der Waals surface area contributed by atoms with E-state index in [0.29, 0.717) is 27.7 Å². The molecule has 174 valence electrons. The van der Waals surface area contributed by atoms with Gasteiger partial charge >= 0.3 is 5.97 Å². The number of nitrogens with zero attached hydrogens (tertiary/aromatic N) is 4. The van der Waals surface area contributed by atoms with Gasteiger partial charge in [0.05, 0.1) is 23.8 Å². The van der Waals surface area contributed by atoms with Crippen molar-refractivity contribution in [3.05, 3.63) is 75.2 Å². The Kier molecular flexibility index (Phi) is 5.05. The summed E-state index contributed by atoms with van der Waals surface area (Å²) in [6, 6.07) is 6.90. The number of fused-ring (bicyclic) bond motifs is 1. The van der Waals surface area contributed by atoms with Crippen LogP contribution in [0.3, 0.4) is 0 Å². The lowest BCUT2D eigenvalue weighted by Crippen LogP contribution is -2.50. The van der Waals surface area contributed by atoms with Gasteiger partial charge in [-0.05, 0) is 37.8 Å². The number of imidazole rings is 1. The topological polar surface area (TPSA) is 134 Å². The molecule has 10 nitrogen and oxygen atoms in total. The minimum absolute atomic E-state index is 0.0263. The first kappa shape index (κ1) is 21.9. The highest BCUT2D eigenvalue weighted by atomic mass is 35.5. The number of aliphatic carboxylic acids is 1. The maximum Gasteiger partial charge on any atom is 0.335 e. The molecule has 0 spiro atoms. The van der Waals surface area contributed by atoms with Gasteiger partial charge in [-0.15, -0.1) is 5.10 Å². The molecule has 11 heteroatoms. The zero-order valence-electron chi connectivity index (χ0n) is 18.4. The van der Waals surface area contributed by atoms with Crippen molar-refractivity contribution in [3.8, 4) is 11.4 Å². The van der Waals surface area contributed by atoms with Crippen molar-refractivity contribution in [1.29, 1.82) is 0 Å². The molecule has 3 N–H and O–H groups in total. The van der Waals surface area contributed by atoms with Crippen LogP contribution in [0.15, 0.2) is 47.8 Å². The molecule has 1 aliphatic rings. The molecule has 3 heterocycles. The molecular formula is C23H21ClN6O4. The number of hydrogen-bond donors (Lipinski definition) is 3. The van der Waals surface area contributed by atoms with Crippen LogP contribution in [0.1, 0.15) is 47.3 Å². The summed E-state index contributed by atoms with van der Waals surface area (Å²) in [7, 11) is 1.65. The van der Waals surface area contributed by atoms with E-state index in [4.69, 9.17) is 11.6 Å². The Morgan fingerprint density at radius 2 is 2.09 bits per heavy atom. The van der Waals surface area contributed by atoms with Crippen LogP contribution in [0.2, 0.25) is 5.02 Å². The number of nitrogens with one attached hydrogen (secondary N) is 2. The number of carbonyl (C=O) groups excluding carboxylic acids is 1. The fourth-order valence-corrected chi connectivity index (χ4v) is 4.39. The van der Waals surface area contributed by atoms with E-state index in [0.717, 1.165) is 12.8 Å². The molecule has 1 aromatic carbocycles. The molecule has 3 aromatic heterocycles. The highest BCUT2D eigenvalue weighted by molar-refractivity contribution is 6.30. The lowest BCUT2D eigenvalue weighted by molar-refractivity contribution is -0.144. The molecule has 1 aliphatic carbocycles. The Labute approximate surface area is 198 Å². The van der Waals surface area contributed by atoms with Gasteiger partial charge in [0.1, 0.15) is 5.52 Å². The Bertz CT molecular complexity index is 1520. The van der Waals surface area contributed by atoms with Crippen LogP contribution in [-0.4, -0.2) is 41.1 Å². The average molecular weight is 481 g/mol. The fourth-order valence-electron chi connectivity index (χ4n) is 4.20. The molecule has 5 rings (SSSR count). The number of hydrogen-bond acceptors (Lipinski definition) is 5. The maximum absolute atomic E-state index is 13.4. The van der Waals surface area contributed by atoms with E-state index in [9.17, 15) is 19.5 Å². The number of carbonyl (C=O) groups is 2. The highest BCUT2D eigenvalue weighted by Crippen LogP contribution is 2.44. The minimum atomic E-state index is -1.73. The molecule has 0 saturated heterocycles. The summed E-state index contributed by atoms with van der Waals surface area (Å²) in [5, 5.41) is 17.6. The summed E-state index contributed by atoms with van der Waals surface area (Å²) < 4.78 is 2.93. The summed E-state index contributed by atoms with van der Waals surface area (Å²) in [5.41, 5.74) is -0.129. The number of benzene rings is 1. The molecule has 1 fully saturated rings. The predicted octanol–water partition coefficient (Wildman–Crippen LogP) is 2.68. The van der Waals surface area contributed by atoms with Crippen molar-refractivity contribution in [2.24, 2.45) is 7.05 Å². The second kappa shape index (κ2) is 7.84. The number of carboxylic acids is 1. The molecule has 0 bridgehead atoms. The van der Waals surface area contributed by atoms with Crippen LogP contribution >= 0.6 is 11.6 Å². The van der Waals surface area contributed by atoms with Crippen molar-refractivity contribution in [3.63, 3.8) is 0 Å². The van der Waals surface area contributed by atoms with Gasteiger partial charge in [-0.25, -0.2) is 14.3 Å². The highest BCUT2D eigenvalue weighted by Gasteiger charge is 2.41. The molecule has 34 heavy (non-hydrogen) atoms. The van der Waals surface area contributed by atoms with E-state index in [1.165, 1.54) is 34.7 Å². The number of rotatable bonds is 6. The second-order valence-electron chi connectivity index (χ2n) is 8.61. The zero-order chi connectivity index (χ0) is 24.2. The van der Waals surface area contributed by atoms with Gasteiger partial charge in [0.25, 0.3) is 11.5 Å². The Morgan fingerprint density at radius 3 is 2.71 bits per heavy atom. The molecule has 4 aromatic rings. The molecule has 0 aliphatic heterocycles. The monoisotopic (exact) mass is 480 g/mol. The Morgan fingerprint density at radius 1 is 1.32 bits per heavy atom. The summed E-state index contributed by atoms with van der Waals surface area (Å²) in [6.07, 6.45) is 6.00. The summed E-state index contributed by atoms with van der Waals surface area (Å²) in [4.78, 5) is 45.5. The molecule has 1 saturated carbocycles. The number of aromatic nitrogens is 5. The van der Waals surface area contributed by atoms with Crippen molar-refractivity contribution in [1.82, 2.24) is 29.5 Å². The van der Waals surface area contributed by atoms with E-state index < -0.39 is 23.0 Å². The zero-order valence-corrected chi connectivity index (χ0v) is 19.1. The van der Waals surface area contributed by atoms with E-state index in [1.54, 1.807) is 31.3 Å². The lowest BCUT2D eigenvalue weighted by atomic mass is 9.97. The average Bonchev–Trinajstić information content (AvgIpc) is 3.40. The molecular weight excluding hydrogens is 460 g/mol. The third kappa shape index (κ3) is 3.56. The molecule has 1 unspecified atom stereocenters. The van der Waals surface area contributed by atoms with Gasteiger partial charge in [0, 0.05) is 29.4 Å². The van der Waals surface area contributed by atoms with Crippen molar-refractivity contribution < 1.29 is 14.7 Å². The smallest absolute Gasteiger partial charge is 0.335 e.